The van der Waals surface area contributed by atoms with Crippen molar-refractivity contribution in [2.24, 2.45) is 5.92 Å². The number of benzene rings is 1. The number of hydrogen-bond acceptors (Lipinski definition) is 3. The van der Waals surface area contributed by atoms with Gasteiger partial charge in [0.15, 0.2) is 0 Å². The first-order valence-electron chi connectivity index (χ1n) is 6.00. The van der Waals surface area contributed by atoms with Crippen molar-refractivity contribution in [3.63, 3.8) is 0 Å². The van der Waals surface area contributed by atoms with Crippen LogP contribution in [-0.2, 0) is 4.79 Å². The summed E-state index contributed by atoms with van der Waals surface area (Å²) < 4.78 is 13.6. The molecule has 104 valence electrons. The Bertz CT molecular complexity index is 477. The normalized spacial score (nSPS) is 11.9. The summed E-state index contributed by atoms with van der Waals surface area (Å²) in [7, 11) is 0. The standard InChI is InChI=1S/C13H17FN2O3/c1-3-15-7-8(2)12(17)16-11-5-4-9(13(18)19)6-10(11)14/h4-6,8,15H,3,7H2,1-2H3,(H,16,17)(H,18,19). The number of anilines is 1. The van der Waals surface area contributed by atoms with E-state index >= 15 is 0 Å². The minimum Gasteiger partial charge on any atom is -0.478 e. The zero-order chi connectivity index (χ0) is 14.4. The van der Waals surface area contributed by atoms with E-state index in [2.05, 4.69) is 10.6 Å². The number of nitrogens with one attached hydrogen (secondary N) is 2. The summed E-state index contributed by atoms with van der Waals surface area (Å²) in [6.45, 7) is 4.90. The van der Waals surface area contributed by atoms with Crippen LogP contribution in [0, 0.1) is 11.7 Å². The number of carbonyl (C=O) groups excluding carboxylic acids is 1. The van der Waals surface area contributed by atoms with E-state index in [1.54, 1.807) is 6.92 Å². The van der Waals surface area contributed by atoms with Crippen molar-refractivity contribution in [2.45, 2.75) is 13.8 Å². The molecule has 0 spiro atoms. The molecule has 0 bridgehead atoms. The van der Waals surface area contributed by atoms with Crippen molar-refractivity contribution in [1.82, 2.24) is 5.32 Å². The molecule has 1 amide bonds. The van der Waals surface area contributed by atoms with Crippen molar-refractivity contribution in [3.05, 3.63) is 29.6 Å². The molecule has 1 atom stereocenters. The Balaban J connectivity index is 2.72. The zero-order valence-electron chi connectivity index (χ0n) is 10.9. The topological polar surface area (TPSA) is 78.4 Å². The van der Waals surface area contributed by atoms with Crippen LogP contribution in [0.4, 0.5) is 10.1 Å². The van der Waals surface area contributed by atoms with Crippen molar-refractivity contribution in [3.8, 4) is 0 Å². The van der Waals surface area contributed by atoms with Crippen molar-refractivity contribution in [2.75, 3.05) is 18.4 Å². The molecule has 0 radical (unpaired) electrons. The molecule has 5 nitrogen and oxygen atoms in total. The van der Waals surface area contributed by atoms with Gasteiger partial charge in [-0.1, -0.05) is 13.8 Å². The largest absolute Gasteiger partial charge is 0.478 e. The zero-order valence-corrected chi connectivity index (χ0v) is 10.9. The molecule has 0 heterocycles. The molecule has 6 heteroatoms. The fourth-order valence-corrected chi connectivity index (χ4v) is 1.46. The third kappa shape index (κ3) is 4.33. The van der Waals surface area contributed by atoms with E-state index in [1.807, 2.05) is 6.92 Å². The number of halogens is 1. The number of aromatic carboxylic acids is 1. The quantitative estimate of drug-likeness (QED) is 0.734. The monoisotopic (exact) mass is 268 g/mol. The van der Waals surface area contributed by atoms with Crippen LogP contribution in [0.15, 0.2) is 18.2 Å². The number of hydrogen-bond donors (Lipinski definition) is 3. The van der Waals surface area contributed by atoms with Crippen LogP contribution < -0.4 is 10.6 Å². The highest BCUT2D eigenvalue weighted by molar-refractivity contribution is 5.93. The molecule has 1 aromatic carbocycles. The van der Waals surface area contributed by atoms with E-state index in [4.69, 9.17) is 5.11 Å². The number of rotatable bonds is 6. The molecule has 0 saturated heterocycles. The molecule has 0 aliphatic carbocycles. The average Bonchev–Trinajstić information content (AvgIpc) is 2.37. The number of carboxylic acid groups (broad SMARTS) is 1. The summed E-state index contributed by atoms with van der Waals surface area (Å²) in [4.78, 5) is 22.4. The molecule has 0 aromatic heterocycles. The molecule has 0 saturated carbocycles. The third-order valence-corrected chi connectivity index (χ3v) is 2.62. The van der Waals surface area contributed by atoms with E-state index in [0.717, 1.165) is 12.6 Å². The Labute approximate surface area is 110 Å². The lowest BCUT2D eigenvalue weighted by molar-refractivity contribution is -0.119. The molecular formula is C13H17FN2O3. The van der Waals surface area contributed by atoms with E-state index in [1.165, 1.54) is 12.1 Å². The smallest absolute Gasteiger partial charge is 0.335 e. The number of amides is 1. The summed E-state index contributed by atoms with van der Waals surface area (Å²) in [6, 6.07) is 3.37. The van der Waals surface area contributed by atoms with Crippen molar-refractivity contribution < 1.29 is 19.1 Å². The van der Waals surface area contributed by atoms with Gasteiger partial charge in [0.25, 0.3) is 0 Å². The summed E-state index contributed by atoms with van der Waals surface area (Å²) in [5.41, 5.74) is -0.172. The predicted octanol–water partition coefficient (Wildman–Crippen LogP) is 1.71. The second-order valence-corrected chi connectivity index (χ2v) is 4.20. The van der Waals surface area contributed by atoms with Gasteiger partial charge >= 0.3 is 5.97 Å². The van der Waals surface area contributed by atoms with Gasteiger partial charge in [-0.25, -0.2) is 9.18 Å². The fraction of sp³-hybridized carbons (Fsp3) is 0.385. The lowest BCUT2D eigenvalue weighted by Crippen LogP contribution is -2.30. The molecule has 0 fully saturated rings. The average molecular weight is 268 g/mol. The Morgan fingerprint density at radius 2 is 2.11 bits per heavy atom. The maximum atomic E-state index is 13.6. The highest BCUT2D eigenvalue weighted by Gasteiger charge is 2.15. The predicted molar refractivity (Wildman–Crippen MR) is 69.7 cm³/mol. The lowest BCUT2D eigenvalue weighted by atomic mass is 10.1. The number of carbonyl (C=O) groups is 2. The van der Waals surface area contributed by atoms with Crippen LogP contribution in [0.25, 0.3) is 0 Å². The van der Waals surface area contributed by atoms with Crippen LogP contribution in [0.2, 0.25) is 0 Å². The van der Waals surface area contributed by atoms with E-state index < -0.39 is 11.8 Å². The summed E-state index contributed by atoms with van der Waals surface area (Å²) >= 11 is 0. The molecular weight excluding hydrogens is 251 g/mol. The Hall–Kier alpha value is -1.95. The van der Waals surface area contributed by atoms with Gasteiger partial charge in [0.05, 0.1) is 11.3 Å². The van der Waals surface area contributed by atoms with Crippen LogP contribution in [-0.4, -0.2) is 30.1 Å². The maximum absolute atomic E-state index is 13.6. The minimum absolute atomic E-state index is 0.0154. The first-order valence-corrected chi connectivity index (χ1v) is 6.00. The third-order valence-electron chi connectivity index (χ3n) is 2.62. The summed E-state index contributed by atoms with van der Waals surface area (Å²) in [5, 5.41) is 14.2. The van der Waals surface area contributed by atoms with E-state index in [9.17, 15) is 14.0 Å². The SMILES string of the molecule is CCNCC(C)C(=O)Nc1ccc(C(=O)O)cc1F. The number of carboxylic acids is 1. The Kier molecular flexibility index (Phi) is 5.44. The van der Waals surface area contributed by atoms with Gasteiger partial charge in [-0.15, -0.1) is 0 Å². The van der Waals surface area contributed by atoms with Crippen LogP contribution >= 0.6 is 0 Å². The van der Waals surface area contributed by atoms with Gasteiger partial charge in [-0.05, 0) is 24.7 Å². The highest BCUT2D eigenvalue weighted by Crippen LogP contribution is 2.16. The van der Waals surface area contributed by atoms with Gasteiger partial charge in [0.2, 0.25) is 5.91 Å². The first-order chi connectivity index (χ1) is 8.95. The minimum atomic E-state index is -1.21. The van der Waals surface area contributed by atoms with Crippen molar-refractivity contribution >= 4 is 17.6 Å². The van der Waals surface area contributed by atoms with Gasteiger partial charge in [-0.2, -0.15) is 0 Å². The molecule has 0 aliphatic heterocycles. The van der Waals surface area contributed by atoms with Crippen LogP contribution in [0.1, 0.15) is 24.2 Å². The van der Waals surface area contributed by atoms with Gasteiger partial charge in [0.1, 0.15) is 5.82 Å². The van der Waals surface area contributed by atoms with Crippen LogP contribution in [0.5, 0.6) is 0 Å². The Morgan fingerprint density at radius 1 is 1.42 bits per heavy atom. The van der Waals surface area contributed by atoms with Gasteiger partial charge < -0.3 is 15.7 Å². The van der Waals surface area contributed by atoms with E-state index in [-0.39, 0.29) is 23.1 Å². The molecule has 19 heavy (non-hydrogen) atoms. The molecule has 1 unspecified atom stereocenters. The molecule has 1 aromatic rings. The van der Waals surface area contributed by atoms with Gasteiger partial charge in [0, 0.05) is 12.5 Å². The van der Waals surface area contributed by atoms with Gasteiger partial charge in [-0.3, -0.25) is 4.79 Å². The second-order valence-electron chi connectivity index (χ2n) is 4.20. The molecule has 1 rings (SSSR count). The van der Waals surface area contributed by atoms with E-state index in [0.29, 0.717) is 6.54 Å². The Morgan fingerprint density at radius 3 is 2.63 bits per heavy atom. The maximum Gasteiger partial charge on any atom is 0.335 e. The molecule has 3 N–H and O–H groups in total. The fourth-order valence-electron chi connectivity index (χ4n) is 1.46. The summed E-state index contributed by atoms with van der Waals surface area (Å²) in [6.07, 6.45) is 0. The van der Waals surface area contributed by atoms with Crippen molar-refractivity contribution in [1.29, 1.82) is 0 Å². The lowest BCUT2D eigenvalue weighted by Gasteiger charge is -2.13. The molecule has 0 aliphatic rings. The summed E-state index contributed by atoms with van der Waals surface area (Å²) in [5.74, 6) is -2.59. The van der Waals surface area contributed by atoms with Crippen LogP contribution in [0.3, 0.4) is 0 Å². The second kappa shape index (κ2) is 6.84. The highest BCUT2D eigenvalue weighted by atomic mass is 19.1. The first kappa shape index (κ1) is 15.1.